The molecule has 6 rings (SSSR count). The van der Waals surface area contributed by atoms with Crippen LogP contribution in [0.25, 0.3) is 5.57 Å². The van der Waals surface area contributed by atoms with Crippen LogP contribution in [0.1, 0.15) is 91.7 Å². The van der Waals surface area contributed by atoms with Crippen molar-refractivity contribution in [3.05, 3.63) is 160 Å². The number of rotatable bonds is 12. The molecule has 3 atom stereocenters. The molecule has 3 aliphatic carbocycles. The van der Waals surface area contributed by atoms with E-state index in [-0.39, 0.29) is 0 Å². The minimum atomic E-state index is 0.411. The maximum Gasteiger partial charge on any atom is 0.0274 e. The molecular weight excluding hydrogens is 553 g/mol. The van der Waals surface area contributed by atoms with E-state index in [4.69, 9.17) is 13.0 Å². The van der Waals surface area contributed by atoms with E-state index in [2.05, 4.69) is 129 Å². The number of benzene rings is 3. The first-order valence-corrected chi connectivity index (χ1v) is 17.6. The molecule has 3 aromatic rings. The van der Waals surface area contributed by atoms with Gasteiger partial charge in [0.2, 0.25) is 0 Å². The Morgan fingerprint density at radius 2 is 1.54 bits per heavy atom. The smallest absolute Gasteiger partial charge is 0.0274 e. The standard InChI is InChI=1S/C46H50/c1-5-40-21-19-39(32-45(40)24-18-37-14-11-33(2)29-37)31-38-16-22-42(23-17-38)46(35(4)13-15-36-9-7-6-8-10-36)43-27-25-41(26-28-43)44-20-12-34(3)30-44/h1,6-12,14,19-21,25-30,32-34,38,42,46H,4,13,15-18,22-24,31H2,2-3H3. The number of terminal acetylenes is 1. The largest absolute Gasteiger partial charge is 0.115 e. The third-order valence-corrected chi connectivity index (χ3v) is 10.6. The zero-order valence-electron chi connectivity index (χ0n) is 27.9. The average molecular weight is 603 g/mol. The van der Waals surface area contributed by atoms with E-state index < -0.39 is 0 Å². The van der Waals surface area contributed by atoms with E-state index in [0.29, 0.717) is 23.7 Å². The molecule has 0 heterocycles. The molecule has 1 fully saturated rings. The van der Waals surface area contributed by atoms with E-state index >= 15 is 0 Å². The van der Waals surface area contributed by atoms with Crippen molar-refractivity contribution in [2.24, 2.45) is 23.7 Å². The molecule has 0 spiro atoms. The molecule has 0 nitrogen and oxygen atoms in total. The van der Waals surface area contributed by atoms with E-state index in [1.54, 1.807) is 0 Å². The van der Waals surface area contributed by atoms with E-state index in [0.717, 1.165) is 43.6 Å². The fourth-order valence-corrected chi connectivity index (χ4v) is 8.02. The maximum atomic E-state index is 5.92. The second-order valence-corrected chi connectivity index (χ2v) is 14.2. The summed E-state index contributed by atoms with van der Waals surface area (Å²) < 4.78 is 0. The van der Waals surface area contributed by atoms with Gasteiger partial charge in [0, 0.05) is 11.5 Å². The molecule has 0 heteroatoms. The molecule has 0 bridgehead atoms. The zero-order valence-corrected chi connectivity index (χ0v) is 27.9. The van der Waals surface area contributed by atoms with Crippen LogP contribution < -0.4 is 0 Å². The second kappa shape index (κ2) is 15.0. The van der Waals surface area contributed by atoms with Gasteiger partial charge in [-0.15, -0.1) is 6.42 Å². The lowest BCUT2D eigenvalue weighted by Gasteiger charge is -2.36. The number of hydrogen-bond acceptors (Lipinski definition) is 0. The minimum Gasteiger partial charge on any atom is -0.115 e. The Bertz CT molecular complexity index is 1660. The number of aryl methyl sites for hydroxylation is 2. The predicted molar refractivity (Wildman–Crippen MR) is 198 cm³/mol. The first kappa shape index (κ1) is 31.9. The van der Waals surface area contributed by atoms with Gasteiger partial charge in [0.15, 0.2) is 0 Å². The third kappa shape index (κ3) is 8.00. The molecule has 3 unspecified atom stereocenters. The lowest BCUT2D eigenvalue weighted by molar-refractivity contribution is 0.252. The summed E-state index contributed by atoms with van der Waals surface area (Å²) in [4.78, 5) is 0. The van der Waals surface area contributed by atoms with Gasteiger partial charge >= 0.3 is 0 Å². The summed E-state index contributed by atoms with van der Waals surface area (Å²) in [6, 6.07) is 27.2. The monoisotopic (exact) mass is 602 g/mol. The normalized spacial score (nSPS) is 22.7. The van der Waals surface area contributed by atoms with Gasteiger partial charge in [-0.2, -0.15) is 0 Å². The van der Waals surface area contributed by atoms with Gasteiger partial charge in [-0.25, -0.2) is 0 Å². The molecule has 0 aliphatic heterocycles. The van der Waals surface area contributed by atoms with E-state index in [1.165, 1.54) is 70.2 Å². The van der Waals surface area contributed by atoms with Crippen LogP contribution in [0.5, 0.6) is 0 Å². The van der Waals surface area contributed by atoms with Crippen molar-refractivity contribution in [2.45, 2.75) is 77.6 Å². The van der Waals surface area contributed by atoms with E-state index in [1.807, 2.05) is 0 Å². The highest BCUT2D eigenvalue weighted by atomic mass is 14.3. The highest BCUT2D eigenvalue weighted by Gasteiger charge is 2.30. The summed E-state index contributed by atoms with van der Waals surface area (Å²) in [7, 11) is 0. The van der Waals surface area contributed by atoms with Crippen molar-refractivity contribution in [1.82, 2.24) is 0 Å². The third-order valence-electron chi connectivity index (χ3n) is 10.6. The summed E-state index contributed by atoms with van der Waals surface area (Å²) >= 11 is 0. The van der Waals surface area contributed by atoms with Crippen LogP contribution >= 0.6 is 0 Å². The maximum absolute atomic E-state index is 5.92. The SMILES string of the molecule is C#Cc1ccc(CC2CCC(C(C(=C)CCc3ccccc3)c3ccc(C4=CC(C)C=C4)cc3)CC2)cc1CCC1=CC(C)C=C1. The number of hydrogen-bond donors (Lipinski definition) is 0. The van der Waals surface area contributed by atoms with Gasteiger partial charge in [-0.3, -0.25) is 0 Å². The van der Waals surface area contributed by atoms with E-state index in [9.17, 15) is 0 Å². The Balaban J connectivity index is 1.12. The molecule has 3 aliphatic rings. The highest BCUT2D eigenvalue weighted by Crippen LogP contribution is 2.44. The van der Waals surface area contributed by atoms with Crippen molar-refractivity contribution >= 4 is 5.57 Å². The number of allylic oxidation sites excluding steroid dienone is 9. The Hall–Kier alpha value is -4.08. The quantitative estimate of drug-likeness (QED) is 0.143. The summed E-state index contributed by atoms with van der Waals surface area (Å²) in [6.45, 7) is 9.24. The summed E-state index contributed by atoms with van der Waals surface area (Å²) in [5.74, 6) is 5.80. The van der Waals surface area contributed by atoms with Gasteiger partial charge in [0.05, 0.1) is 0 Å². The highest BCUT2D eigenvalue weighted by molar-refractivity contribution is 5.76. The Labute approximate surface area is 278 Å². The Kier molecular flexibility index (Phi) is 10.4. The predicted octanol–water partition coefficient (Wildman–Crippen LogP) is 11.6. The molecule has 0 radical (unpaired) electrons. The molecule has 46 heavy (non-hydrogen) atoms. The molecular formula is C46H50. The van der Waals surface area contributed by atoms with Crippen LogP contribution in [0.15, 0.2) is 127 Å². The fraction of sp³-hybridized carbons (Fsp3) is 0.348. The fourth-order valence-electron chi connectivity index (χ4n) is 8.02. The topological polar surface area (TPSA) is 0 Å². The lowest BCUT2D eigenvalue weighted by atomic mass is 9.69. The molecule has 0 amide bonds. The minimum absolute atomic E-state index is 0.411. The first-order chi connectivity index (χ1) is 22.4. The van der Waals surface area contributed by atoms with Gasteiger partial charge < -0.3 is 0 Å². The van der Waals surface area contributed by atoms with Crippen molar-refractivity contribution < 1.29 is 0 Å². The van der Waals surface area contributed by atoms with Crippen molar-refractivity contribution in [3.8, 4) is 12.3 Å². The molecule has 3 aromatic carbocycles. The van der Waals surface area contributed by atoms with Crippen LogP contribution in [0.2, 0.25) is 0 Å². The van der Waals surface area contributed by atoms with Crippen LogP contribution in [0.3, 0.4) is 0 Å². The summed E-state index contributed by atoms with van der Waals surface area (Å²) in [5.41, 5.74) is 12.2. The van der Waals surface area contributed by atoms with Crippen molar-refractivity contribution in [1.29, 1.82) is 0 Å². The zero-order chi connectivity index (χ0) is 31.9. The van der Waals surface area contributed by atoms with Gasteiger partial charge in [0.1, 0.15) is 0 Å². The molecule has 234 valence electrons. The Morgan fingerprint density at radius 3 is 2.22 bits per heavy atom. The Morgan fingerprint density at radius 1 is 0.804 bits per heavy atom. The lowest BCUT2D eigenvalue weighted by Crippen LogP contribution is -2.23. The van der Waals surface area contributed by atoms with Gasteiger partial charge in [0.25, 0.3) is 0 Å². The van der Waals surface area contributed by atoms with Crippen LogP contribution in [-0.4, -0.2) is 0 Å². The molecule has 0 aromatic heterocycles. The van der Waals surface area contributed by atoms with Gasteiger partial charge in [-0.1, -0.05) is 141 Å². The van der Waals surface area contributed by atoms with Crippen LogP contribution in [0.4, 0.5) is 0 Å². The summed E-state index contributed by atoms with van der Waals surface area (Å²) in [6.07, 6.45) is 30.2. The molecule has 0 saturated heterocycles. The average Bonchev–Trinajstić information content (AvgIpc) is 3.72. The van der Waals surface area contributed by atoms with Gasteiger partial charge in [-0.05, 0) is 121 Å². The molecule has 0 N–H and O–H groups in total. The second-order valence-electron chi connectivity index (χ2n) is 14.2. The van der Waals surface area contributed by atoms with Crippen molar-refractivity contribution in [2.75, 3.05) is 0 Å². The summed E-state index contributed by atoms with van der Waals surface area (Å²) in [5, 5.41) is 0. The first-order valence-electron chi connectivity index (χ1n) is 17.6. The van der Waals surface area contributed by atoms with Crippen LogP contribution in [0, 0.1) is 36.0 Å². The molecule has 1 saturated carbocycles. The van der Waals surface area contributed by atoms with Crippen molar-refractivity contribution in [3.63, 3.8) is 0 Å². The van der Waals surface area contributed by atoms with Crippen LogP contribution in [-0.2, 0) is 19.3 Å².